The maximum absolute atomic E-state index is 11.5. The van der Waals surface area contributed by atoms with Crippen molar-refractivity contribution in [1.82, 2.24) is 9.97 Å². The lowest BCUT2D eigenvalue weighted by Gasteiger charge is -2.05. The summed E-state index contributed by atoms with van der Waals surface area (Å²) in [5.74, 6) is -0.606. The van der Waals surface area contributed by atoms with Gasteiger partial charge in [-0.25, -0.2) is 4.79 Å². The Hall–Kier alpha value is -2.66. The van der Waals surface area contributed by atoms with E-state index in [4.69, 9.17) is 5.53 Å². The molecule has 0 bridgehead atoms. The molecule has 0 aliphatic rings. The summed E-state index contributed by atoms with van der Waals surface area (Å²) < 4.78 is 4.59. The number of ether oxygens (including phenoxy) is 1. The quantitative estimate of drug-likeness (QED) is 0.341. The summed E-state index contributed by atoms with van der Waals surface area (Å²) in [7, 11) is 1.25. The summed E-state index contributed by atoms with van der Waals surface area (Å²) in [5.41, 5.74) is 9.41. The van der Waals surface area contributed by atoms with Crippen LogP contribution in [0.2, 0.25) is 0 Å². The van der Waals surface area contributed by atoms with Crippen LogP contribution in [0.4, 0.5) is 5.69 Å². The van der Waals surface area contributed by atoms with Crippen LogP contribution in [0.15, 0.2) is 29.8 Å². The number of hydrogen-bond donors (Lipinski definition) is 0. The van der Waals surface area contributed by atoms with E-state index in [0.717, 1.165) is 0 Å². The van der Waals surface area contributed by atoms with Crippen LogP contribution in [0.25, 0.3) is 21.3 Å². The molecule has 2 aromatic rings. The highest BCUT2D eigenvalue weighted by Gasteiger charge is 2.14. The minimum Gasteiger partial charge on any atom is -0.465 e. The lowest BCUT2D eigenvalue weighted by Crippen LogP contribution is -2.02. The second-order valence-corrected chi connectivity index (χ2v) is 3.09. The van der Waals surface area contributed by atoms with Gasteiger partial charge in [-0.2, -0.15) is 0 Å². The van der Waals surface area contributed by atoms with Crippen molar-refractivity contribution in [3.8, 4) is 0 Å². The van der Waals surface area contributed by atoms with E-state index < -0.39 is 5.97 Å². The Morgan fingerprint density at radius 3 is 3.06 bits per heavy atom. The van der Waals surface area contributed by atoms with Crippen LogP contribution in [0, 0.1) is 0 Å². The first-order chi connectivity index (χ1) is 8.27. The number of azide groups is 1. The van der Waals surface area contributed by atoms with E-state index >= 15 is 0 Å². The topological polar surface area (TPSA) is 101 Å². The average Bonchev–Trinajstić information content (AvgIpc) is 2.38. The van der Waals surface area contributed by atoms with E-state index in [1.54, 1.807) is 12.3 Å². The Labute approximate surface area is 95.7 Å². The zero-order valence-electron chi connectivity index (χ0n) is 8.86. The standard InChI is InChI=1S/C10H7N5O2/c1-17-10(16)7-5-13-8-2-3-12-4-6(8)9(7)14-15-11/h2-5H,1H3. The van der Waals surface area contributed by atoms with Crippen molar-refractivity contribution in [2.45, 2.75) is 0 Å². The van der Waals surface area contributed by atoms with E-state index in [9.17, 15) is 4.79 Å². The third-order valence-electron chi connectivity index (χ3n) is 2.19. The molecule has 2 heterocycles. The lowest BCUT2D eigenvalue weighted by atomic mass is 10.1. The van der Waals surface area contributed by atoms with Crippen LogP contribution >= 0.6 is 0 Å². The smallest absolute Gasteiger partial charge is 0.339 e. The molecule has 2 rings (SSSR count). The van der Waals surface area contributed by atoms with Gasteiger partial charge in [0.05, 0.1) is 23.9 Å². The number of rotatable bonds is 2. The van der Waals surface area contributed by atoms with E-state index in [-0.39, 0.29) is 11.3 Å². The van der Waals surface area contributed by atoms with Crippen molar-refractivity contribution in [2.75, 3.05) is 7.11 Å². The Morgan fingerprint density at radius 2 is 2.35 bits per heavy atom. The number of methoxy groups -OCH3 is 1. The van der Waals surface area contributed by atoms with Crippen molar-refractivity contribution >= 4 is 22.6 Å². The molecule has 0 saturated carbocycles. The summed E-state index contributed by atoms with van der Waals surface area (Å²) in [6, 6.07) is 1.66. The van der Waals surface area contributed by atoms with Gasteiger partial charge in [-0.05, 0) is 11.6 Å². The second kappa shape index (κ2) is 4.46. The molecule has 7 nitrogen and oxygen atoms in total. The van der Waals surface area contributed by atoms with E-state index in [1.807, 2.05) is 0 Å². The van der Waals surface area contributed by atoms with Crippen molar-refractivity contribution < 1.29 is 9.53 Å². The molecule has 0 N–H and O–H groups in total. The highest BCUT2D eigenvalue weighted by molar-refractivity contribution is 6.03. The van der Waals surface area contributed by atoms with Gasteiger partial charge in [0.25, 0.3) is 0 Å². The fourth-order valence-corrected chi connectivity index (χ4v) is 1.43. The molecule has 0 atom stereocenters. The number of hydrogen-bond acceptors (Lipinski definition) is 5. The van der Waals surface area contributed by atoms with E-state index in [2.05, 4.69) is 24.7 Å². The lowest BCUT2D eigenvalue weighted by molar-refractivity contribution is 0.0601. The normalized spacial score (nSPS) is 9.71. The first-order valence-electron chi connectivity index (χ1n) is 4.64. The fraction of sp³-hybridized carbons (Fsp3) is 0.100. The maximum atomic E-state index is 11.5. The minimum atomic E-state index is -0.606. The van der Waals surface area contributed by atoms with Crippen LogP contribution in [0.3, 0.4) is 0 Å². The molecule has 7 heteroatoms. The summed E-state index contributed by atoms with van der Waals surface area (Å²) in [6.07, 6.45) is 4.37. The molecule has 0 aliphatic heterocycles. The zero-order chi connectivity index (χ0) is 12.3. The molecule has 0 spiro atoms. The predicted molar refractivity (Wildman–Crippen MR) is 59.7 cm³/mol. The molecule has 0 aromatic carbocycles. The maximum Gasteiger partial charge on any atom is 0.339 e. The van der Waals surface area contributed by atoms with Crippen molar-refractivity contribution in [2.24, 2.45) is 5.11 Å². The number of esters is 1. The number of pyridine rings is 2. The van der Waals surface area contributed by atoms with Crippen LogP contribution in [0.1, 0.15) is 10.4 Å². The molecule has 0 unspecified atom stereocenters. The van der Waals surface area contributed by atoms with Gasteiger partial charge >= 0.3 is 5.97 Å². The fourth-order valence-electron chi connectivity index (χ4n) is 1.43. The summed E-state index contributed by atoms with van der Waals surface area (Å²) >= 11 is 0. The number of carbonyl (C=O) groups excluding carboxylic acids is 1. The molecule has 0 saturated heterocycles. The SMILES string of the molecule is COC(=O)c1cnc2ccncc2c1N=[N+]=[N-]. The molecule has 0 fully saturated rings. The van der Waals surface area contributed by atoms with Crippen molar-refractivity contribution in [3.05, 3.63) is 40.7 Å². The Kier molecular flexibility index (Phi) is 2.85. The summed E-state index contributed by atoms with van der Waals surface area (Å²) in [5, 5.41) is 4.01. The third-order valence-corrected chi connectivity index (χ3v) is 2.19. The van der Waals surface area contributed by atoms with Gasteiger partial charge in [-0.15, -0.1) is 0 Å². The van der Waals surface area contributed by atoms with Crippen molar-refractivity contribution in [3.63, 3.8) is 0 Å². The average molecular weight is 229 g/mol. The number of carbonyl (C=O) groups is 1. The third kappa shape index (κ3) is 1.86. The first kappa shape index (κ1) is 10.8. The first-order valence-corrected chi connectivity index (χ1v) is 4.64. The van der Waals surface area contributed by atoms with Crippen LogP contribution < -0.4 is 0 Å². The van der Waals surface area contributed by atoms with E-state index in [1.165, 1.54) is 19.5 Å². The predicted octanol–water partition coefficient (Wildman–Crippen LogP) is 2.36. The highest BCUT2D eigenvalue weighted by Crippen LogP contribution is 2.28. The number of fused-ring (bicyclic) bond motifs is 1. The number of nitrogens with zero attached hydrogens (tertiary/aromatic N) is 5. The van der Waals surface area contributed by atoms with Crippen LogP contribution in [0.5, 0.6) is 0 Å². The van der Waals surface area contributed by atoms with Gasteiger partial charge in [-0.1, -0.05) is 5.11 Å². The molecule has 0 amide bonds. The highest BCUT2D eigenvalue weighted by atomic mass is 16.5. The minimum absolute atomic E-state index is 0.116. The van der Waals surface area contributed by atoms with Gasteiger partial charge in [-0.3, -0.25) is 9.97 Å². The molecule has 84 valence electrons. The zero-order valence-corrected chi connectivity index (χ0v) is 8.86. The largest absolute Gasteiger partial charge is 0.465 e. The van der Waals surface area contributed by atoms with Crippen LogP contribution in [-0.4, -0.2) is 23.0 Å². The Bertz CT molecular complexity index is 634. The molecule has 2 aromatic heterocycles. The number of aromatic nitrogens is 2. The van der Waals surface area contributed by atoms with Gasteiger partial charge < -0.3 is 4.74 Å². The van der Waals surface area contributed by atoms with Crippen LogP contribution in [-0.2, 0) is 4.74 Å². The Morgan fingerprint density at radius 1 is 1.53 bits per heavy atom. The molecule has 17 heavy (non-hydrogen) atoms. The molecule has 0 aliphatic carbocycles. The van der Waals surface area contributed by atoms with Gasteiger partial charge in [0.2, 0.25) is 0 Å². The molecular formula is C10H7N5O2. The monoisotopic (exact) mass is 229 g/mol. The van der Waals surface area contributed by atoms with Crippen molar-refractivity contribution in [1.29, 1.82) is 0 Å². The summed E-state index contributed by atoms with van der Waals surface area (Å²) in [6.45, 7) is 0. The van der Waals surface area contributed by atoms with Gasteiger partial charge in [0, 0.05) is 28.9 Å². The molecule has 0 radical (unpaired) electrons. The second-order valence-electron chi connectivity index (χ2n) is 3.09. The Balaban J connectivity index is 2.81. The molecular weight excluding hydrogens is 222 g/mol. The van der Waals surface area contributed by atoms with E-state index in [0.29, 0.717) is 10.9 Å². The van der Waals surface area contributed by atoms with Gasteiger partial charge in [0.15, 0.2) is 0 Å². The van der Waals surface area contributed by atoms with Gasteiger partial charge in [0.1, 0.15) is 0 Å². The summed E-state index contributed by atoms with van der Waals surface area (Å²) in [4.78, 5) is 22.2.